The summed E-state index contributed by atoms with van der Waals surface area (Å²) in [5, 5.41) is 0. The van der Waals surface area contributed by atoms with Crippen molar-refractivity contribution < 1.29 is 49.0 Å². The zero-order chi connectivity index (χ0) is 26.2. The van der Waals surface area contributed by atoms with Crippen molar-refractivity contribution >= 4 is 5.97 Å². The van der Waals surface area contributed by atoms with Gasteiger partial charge in [-0.3, -0.25) is 4.79 Å². The fraction of sp³-hybridized carbons (Fsp3) is 0.952. The number of ether oxygens (including phenoxy) is 1. The van der Waals surface area contributed by atoms with Crippen LogP contribution in [0.2, 0.25) is 0 Å². The van der Waals surface area contributed by atoms with Crippen LogP contribution in [0.4, 0.5) is 39.5 Å². The molecule has 192 valence electrons. The molecule has 0 bridgehead atoms. The predicted molar refractivity (Wildman–Crippen MR) is 102 cm³/mol. The van der Waals surface area contributed by atoms with Crippen molar-refractivity contribution in [3.8, 4) is 0 Å². The minimum atomic E-state index is -6.95. The maximum Gasteiger partial charge on any atom is 0.460 e. The Balaban J connectivity index is 5.56. The van der Waals surface area contributed by atoms with E-state index >= 15 is 0 Å². The summed E-state index contributed by atoms with van der Waals surface area (Å²) in [6, 6.07) is 0. The first-order chi connectivity index (χ1) is 13.7. The molecule has 0 aromatic rings. The molecule has 0 aromatic heterocycles. The maximum atomic E-state index is 14.0. The van der Waals surface area contributed by atoms with Gasteiger partial charge in [0.1, 0.15) is 0 Å². The highest BCUT2D eigenvalue weighted by atomic mass is 19.4. The van der Waals surface area contributed by atoms with E-state index in [9.17, 15) is 44.3 Å². The molecule has 2 nitrogen and oxygen atoms in total. The van der Waals surface area contributed by atoms with Gasteiger partial charge in [0.2, 0.25) is 0 Å². The number of hydrogen-bond donors (Lipinski definition) is 0. The Morgan fingerprint density at radius 2 is 1.19 bits per heavy atom. The van der Waals surface area contributed by atoms with Crippen molar-refractivity contribution in [2.75, 3.05) is 6.61 Å². The zero-order valence-corrected chi connectivity index (χ0v) is 19.6. The molecule has 11 heteroatoms. The molecule has 0 saturated heterocycles. The molecule has 0 saturated carbocycles. The van der Waals surface area contributed by atoms with Crippen LogP contribution in [0.3, 0.4) is 0 Å². The van der Waals surface area contributed by atoms with E-state index in [-0.39, 0.29) is 5.41 Å². The normalized spacial score (nSPS) is 16.2. The van der Waals surface area contributed by atoms with Crippen LogP contribution in [0.1, 0.15) is 74.7 Å². The Hall–Kier alpha value is -1.16. The molecule has 0 amide bonds. The number of alkyl halides is 9. The summed E-state index contributed by atoms with van der Waals surface area (Å²) in [5.74, 6) is -20.8. The standard InChI is InChI=1S/C21H33F9O2/c1-9-16(5,6)10-13(15(2,3)4)14(31)32-12-17(7,8)11-18(22,23)19(24,25)20(26,27)21(28,29)30/h13H,9-12H2,1-8H3. The summed E-state index contributed by atoms with van der Waals surface area (Å²) in [6.07, 6.45) is -7.85. The molecule has 0 heterocycles. The first-order valence-corrected chi connectivity index (χ1v) is 10.1. The Morgan fingerprint density at radius 3 is 1.53 bits per heavy atom. The second kappa shape index (κ2) is 9.24. The van der Waals surface area contributed by atoms with Crippen molar-refractivity contribution in [1.29, 1.82) is 0 Å². The monoisotopic (exact) mass is 488 g/mol. The van der Waals surface area contributed by atoms with Crippen LogP contribution >= 0.6 is 0 Å². The number of esters is 1. The molecule has 32 heavy (non-hydrogen) atoms. The Labute approximate surface area is 183 Å². The van der Waals surface area contributed by atoms with E-state index in [0.29, 0.717) is 12.8 Å². The molecule has 0 aliphatic rings. The molecule has 0 N–H and O–H groups in total. The average molecular weight is 488 g/mol. The van der Waals surface area contributed by atoms with Crippen LogP contribution in [-0.4, -0.2) is 36.5 Å². The molecule has 1 atom stereocenters. The average Bonchev–Trinajstić information content (AvgIpc) is 2.54. The number of rotatable bonds is 10. The van der Waals surface area contributed by atoms with E-state index in [2.05, 4.69) is 0 Å². The molecule has 0 aliphatic heterocycles. The van der Waals surface area contributed by atoms with Gasteiger partial charge in [0, 0.05) is 11.8 Å². The molecule has 0 spiro atoms. The minimum Gasteiger partial charge on any atom is -0.465 e. The van der Waals surface area contributed by atoms with E-state index in [1.54, 1.807) is 20.8 Å². The predicted octanol–water partition coefficient (Wildman–Crippen LogP) is 7.90. The summed E-state index contributed by atoms with van der Waals surface area (Å²) in [7, 11) is 0. The molecule has 0 aliphatic carbocycles. The van der Waals surface area contributed by atoms with Gasteiger partial charge in [0.15, 0.2) is 0 Å². The Morgan fingerprint density at radius 1 is 0.750 bits per heavy atom. The first-order valence-electron chi connectivity index (χ1n) is 10.1. The summed E-state index contributed by atoms with van der Waals surface area (Å²) in [6.45, 7) is 12.0. The van der Waals surface area contributed by atoms with Crippen LogP contribution in [0.5, 0.6) is 0 Å². The third-order valence-electron chi connectivity index (χ3n) is 5.56. The summed E-state index contributed by atoms with van der Waals surface area (Å²) >= 11 is 0. The van der Waals surface area contributed by atoms with Crippen molar-refractivity contribution in [2.24, 2.45) is 22.2 Å². The van der Waals surface area contributed by atoms with Gasteiger partial charge in [-0.1, -0.05) is 61.8 Å². The van der Waals surface area contributed by atoms with Gasteiger partial charge >= 0.3 is 29.9 Å². The maximum absolute atomic E-state index is 14.0. The summed E-state index contributed by atoms with van der Waals surface area (Å²) < 4.78 is 123. The molecule has 0 radical (unpaired) electrons. The van der Waals surface area contributed by atoms with Crippen molar-refractivity contribution in [3.05, 3.63) is 0 Å². The van der Waals surface area contributed by atoms with Crippen LogP contribution in [0, 0.1) is 22.2 Å². The lowest BCUT2D eigenvalue weighted by atomic mass is 9.70. The SMILES string of the molecule is CCC(C)(C)CC(C(=O)OCC(C)(C)CC(F)(F)C(F)(F)C(F)(F)C(F)(F)F)C(C)(C)C. The lowest BCUT2D eigenvalue weighted by molar-refractivity contribution is -0.399. The molecular weight excluding hydrogens is 455 g/mol. The van der Waals surface area contributed by atoms with Crippen molar-refractivity contribution in [1.82, 2.24) is 0 Å². The van der Waals surface area contributed by atoms with Gasteiger partial charge in [-0.05, 0) is 17.3 Å². The molecule has 1 unspecified atom stereocenters. The number of hydrogen-bond acceptors (Lipinski definition) is 2. The van der Waals surface area contributed by atoms with Crippen molar-refractivity contribution in [3.63, 3.8) is 0 Å². The van der Waals surface area contributed by atoms with Crippen molar-refractivity contribution in [2.45, 2.75) is 98.6 Å². The molecule has 0 fully saturated rings. The quantitative estimate of drug-likeness (QED) is 0.231. The minimum absolute atomic E-state index is 0.273. The fourth-order valence-electron chi connectivity index (χ4n) is 2.98. The highest BCUT2D eigenvalue weighted by molar-refractivity contribution is 5.73. The van der Waals surface area contributed by atoms with Gasteiger partial charge in [0.05, 0.1) is 12.5 Å². The smallest absolute Gasteiger partial charge is 0.460 e. The zero-order valence-electron chi connectivity index (χ0n) is 19.6. The third kappa shape index (κ3) is 7.17. The largest absolute Gasteiger partial charge is 0.465 e. The summed E-state index contributed by atoms with van der Waals surface area (Å²) in [5.41, 5.74) is -2.89. The lowest BCUT2D eigenvalue weighted by Crippen LogP contribution is -2.61. The molecule has 0 rings (SSSR count). The second-order valence-corrected chi connectivity index (χ2v) is 10.9. The Kier molecular flexibility index (Phi) is 8.90. The van der Waals surface area contributed by atoms with E-state index in [1.165, 1.54) is 0 Å². The molecular formula is C21H33F9O2. The van der Waals surface area contributed by atoms with Crippen LogP contribution in [0.15, 0.2) is 0 Å². The van der Waals surface area contributed by atoms with Gasteiger partial charge in [0.25, 0.3) is 0 Å². The third-order valence-corrected chi connectivity index (χ3v) is 5.56. The number of halogens is 9. The topological polar surface area (TPSA) is 26.3 Å². The van der Waals surface area contributed by atoms with Crippen LogP contribution in [-0.2, 0) is 9.53 Å². The van der Waals surface area contributed by atoms with Gasteiger partial charge in [-0.15, -0.1) is 0 Å². The highest BCUT2D eigenvalue weighted by Crippen LogP contribution is 2.55. The second-order valence-electron chi connectivity index (χ2n) is 10.9. The fourth-order valence-corrected chi connectivity index (χ4v) is 2.98. The van der Waals surface area contributed by atoms with Gasteiger partial charge in [-0.25, -0.2) is 0 Å². The number of carbonyl (C=O) groups is 1. The number of carbonyl (C=O) groups excluding carboxylic acids is 1. The van der Waals surface area contributed by atoms with Crippen LogP contribution in [0.25, 0.3) is 0 Å². The first kappa shape index (κ1) is 30.8. The highest BCUT2D eigenvalue weighted by Gasteiger charge is 2.81. The van der Waals surface area contributed by atoms with E-state index in [4.69, 9.17) is 4.74 Å². The van der Waals surface area contributed by atoms with Gasteiger partial charge < -0.3 is 4.74 Å². The lowest BCUT2D eigenvalue weighted by Gasteiger charge is -2.38. The van der Waals surface area contributed by atoms with E-state index in [1.807, 2.05) is 20.8 Å². The van der Waals surface area contributed by atoms with Crippen LogP contribution < -0.4 is 0 Å². The Bertz CT molecular complexity index is 645. The molecule has 0 aromatic carbocycles. The summed E-state index contributed by atoms with van der Waals surface area (Å²) in [4.78, 5) is 12.7. The van der Waals surface area contributed by atoms with E-state index in [0.717, 1.165) is 13.8 Å². The van der Waals surface area contributed by atoms with Gasteiger partial charge in [-0.2, -0.15) is 39.5 Å². The van der Waals surface area contributed by atoms with E-state index < -0.39 is 59.7 Å².